The molecule has 0 radical (unpaired) electrons. The summed E-state index contributed by atoms with van der Waals surface area (Å²) >= 11 is 0. The minimum atomic E-state index is -3.68. The Labute approximate surface area is 160 Å². The first-order chi connectivity index (χ1) is 12.9. The van der Waals surface area contributed by atoms with Crippen LogP contribution in [-0.2, 0) is 21.2 Å². The Balaban J connectivity index is 1.80. The summed E-state index contributed by atoms with van der Waals surface area (Å²) < 4.78 is 33.8. The zero-order valence-corrected chi connectivity index (χ0v) is 16.3. The topological polar surface area (TPSA) is 84.5 Å². The van der Waals surface area contributed by atoms with Crippen molar-refractivity contribution >= 4 is 21.6 Å². The first-order valence-electron chi connectivity index (χ1n) is 9.02. The molecule has 1 aliphatic rings. The van der Waals surface area contributed by atoms with Crippen LogP contribution in [0.4, 0.5) is 5.69 Å². The average molecular weight is 388 g/mol. The van der Waals surface area contributed by atoms with Gasteiger partial charge in [0.1, 0.15) is 5.75 Å². The number of aryl methyl sites for hydroxylation is 1. The van der Waals surface area contributed by atoms with Crippen molar-refractivity contribution in [1.29, 1.82) is 0 Å². The van der Waals surface area contributed by atoms with E-state index in [4.69, 9.17) is 4.74 Å². The van der Waals surface area contributed by atoms with Crippen LogP contribution < -0.4 is 14.8 Å². The number of amides is 1. The first kappa shape index (κ1) is 19.4. The van der Waals surface area contributed by atoms with Gasteiger partial charge in [-0.3, -0.25) is 4.79 Å². The highest BCUT2D eigenvalue weighted by Crippen LogP contribution is 2.33. The molecule has 2 aromatic carbocycles. The number of ether oxygens (including phenoxy) is 1. The monoisotopic (exact) mass is 388 g/mol. The fourth-order valence-corrected chi connectivity index (χ4v) is 4.50. The van der Waals surface area contributed by atoms with Crippen molar-refractivity contribution in [3.8, 4) is 5.75 Å². The van der Waals surface area contributed by atoms with Crippen LogP contribution in [-0.4, -0.2) is 21.4 Å². The number of hydrogen-bond donors (Lipinski definition) is 2. The standard InChI is InChI=1S/C20H24N2O4S/c1-3-20(23)21-15-8-11-17(12-9-15)27(24,25)22-19-6-4-5-14-7-10-16(26-2)13-18(14)19/h7-13,19,22H,3-6H2,1-2H3,(H,21,23)/t19-/m0/s1. The zero-order chi connectivity index (χ0) is 19.4. The molecular formula is C20H24N2O4S. The molecular weight excluding hydrogens is 364 g/mol. The number of carbonyl (C=O) groups excluding carboxylic acids is 1. The lowest BCUT2D eigenvalue weighted by Crippen LogP contribution is -2.31. The molecule has 0 unspecified atom stereocenters. The predicted molar refractivity (Wildman–Crippen MR) is 104 cm³/mol. The molecule has 1 aliphatic carbocycles. The Bertz CT molecular complexity index is 923. The minimum Gasteiger partial charge on any atom is -0.497 e. The highest BCUT2D eigenvalue weighted by molar-refractivity contribution is 7.89. The highest BCUT2D eigenvalue weighted by Gasteiger charge is 2.26. The van der Waals surface area contributed by atoms with Gasteiger partial charge in [0.15, 0.2) is 0 Å². The van der Waals surface area contributed by atoms with E-state index in [1.807, 2.05) is 18.2 Å². The number of rotatable bonds is 6. The molecule has 0 fully saturated rings. The van der Waals surface area contributed by atoms with E-state index in [-0.39, 0.29) is 16.8 Å². The molecule has 0 saturated carbocycles. The van der Waals surface area contributed by atoms with Gasteiger partial charge in [0.05, 0.1) is 12.0 Å². The molecule has 3 rings (SSSR count). The fourth-order valence-electron chi connectivity index (χ4n) is 3.25. The maximum atomic E-state index is 12.8. The van der Waals surface area contributed by atoms with Crippen LogP contribution in [0.2, 0.25) is 0 Å². The highest BCUT2D eigenvalue weighted by atomic mass is 32.2. The third kappa shape index (κ3) is 4.48. The average Bonchev–Trinajstić information content (AvgIpc) is 2.68. The van der Waals surface area contributed by atoms with Crippen LogP contribution in [0.1, 0.15) is 43.4 Å². The van der Waals surface area contributed by atoms with E-state index >= 15 is 0 Å². The van der Waals surface area contributed by atoms with E-state index in [0.717, 1.165) is 36.1 Å². The molecule has 144 valence electrons. The molecule has 1 atom stereocenters. The van der Waals surface area contributed by atoms with E-state index in [1.54, 1.807) is 26.2 Å². The van der Waals surface area contributed by atoms with Gasteiger partial charge in [0, 0.05) is 18.2 Å². The van der Waals surface area contributed by atoms with Crippen molar-refractivity contribution in [2.45, 2.75) is 43.5 Å². The smallest absolute Gasteiger partial charge is 0.241 e. The quantitative estimate of drug-likeness (QED) is 0.794. The van der Waals surface area contributed by atoms with Gasteiger partial charge in [-0.05, 0) is 66.8 Å². The molecule has 2 aromatic rings. The van der Waals surface area contributed by atoms with Crippen LogP contribution in [0.25, 0.3) is 0 Å². The molecule has 6 nitrogen and oxygen atoms in total. The Morgan fingerprint density at radius 3 is 2.59 bits per heavy atom. The van der Waals surface area contributed by atoms with Gasteiger partial charge >= 0.3 is 0 Å². The largest absolute Gasteiger partial charge is 0.497 e. The van der Waals surface area contributed by atoms with Crippen LogP contribution in [0.5, 0.6) is 5.75 Å². The molecule has 0 heterocycles. The molecule has 27 heavy (non-hydrogen) atoms. The van der Waals surface area contributed by atoms with Gasteiger partial charge in [-0.2, -0.15) is 0 Å². The van der Waals surface area contributed by atoms with E-state index in [9.17, 15) is 13.2 Å². The summed E-state index contributed by atoms with van der Waals surface area (Å²) in [5.74, 6) is 0.604. The normalized spacial score (nSPS) is 16.4. The van der Waals surface area contributed by atoms with Gasteiger partial charge in [-0.1, -0.05) is 13.0 Å². The molecule has 7 heteroatoms. The Hall–Kier alpha value is -2.38. The summed E-state index contributed by atoms with van der Waals surface area (Å²) in [6.07, 6.45) is 2.97. The maximum Gasteiger partial charge on any atom is 0.241 e. The van der Waals surface area contributed by atoms with E-state index in [1.165, 1.54) is 12.1 Å². The SMILES string of the molecule is CCC(=O)Nc1ccc(S(=O)(=O)N[C@H]2CCCc3ccc(OC)cc32)cc1. The predicted octanol–water partition coefficient (Wildman–Crippen LogP) is 3.40. The van der Waals surface area contributed by atoms with Crippen molar-refractivity contribution in [3.05, 3.63) is 53.6 Å². The Kier molecular flexibility index (Phi) is 5.82. The number of benzene rings is 2. The fraction of sp³-hybridized carbons (Fsp3) is 0.350. The zero-order valence-electron chi connectivity index (χ0n) is 15.5. The number of sulfonamides is 1. The summed E-state index contributed by atoms with van der Waals surface area (Å²) in [6.45, 7) is 1.76. The second kappa shape index (κ2) is 8.10. The number of nitrogens with one attached hydrogen (secondary N) is 2. The number of carbonyl (C=O) groups is 1. The van der Waals surface area contributed by atoms with E-state index in [2.05, 4.69) is 10.0 Å². The van der Waals surface area contributed by atoms with E-state index < -0.39 is 10.0 Å². The van der Waals surface area contributed by atoms with Crippen molar-refractivity contribution in [3.63, 3.8) is 0 Å². The Morgan fingerprint density at radius 2 is 1.93 bits per heavy atom. The number of anilines is 1. The molecule has 0 saturated heterocycles. The minimum absolute atomic E-state index is 0.114. The molecule has 0 spiro atoms. The molecule has 0 aromatic heterocycles. The van der Waals surface area contributed by atoms with Crippen molar-refractivity contribution in [1.82, 2.24) is 4.72 Å². The lowest BCUT2D eigenvalue weighted by atomic mass is 9.88. The molecule has 0 bridgehead atoms. The van der Waals surface area contributed by atoms with Gasteiger partial charge in [-0.25, -0.2) is 13.1 Å². The van der Waals surface area contributed by atoms with Crippen molar-refractivity contribution in [2.24, 2.45) is 0 Å². The number of fused-ring (bicyclic) bond motifs is 1. The van der Waals surface area contributed by atoms with E-state index in [0.29, 0.717) is 12.1 Å². The van der Waals surface area contributed by atoms with Crippen molar-refractivity contribution < 1.29 is 17.9 Å². The van der Waals surface area contributed by atoms with Crippen LogP contribution in [0.3, 0.4) is 0 Å². The number of methoxy groups -OCH3 is 1. The summed E-state index contributed by atoms with van der Waals surface area (Å²) in [4.78, 5) is 11.6. The Morgan fingerprint density at radius 1 is 1.19 bits per heavy atom. The second-order valence-electron chi connectivity index (χ2n) is 6.56. The van der Waals surface area contributed by atoms with Gasteiger partial charge < -0.3 is 10.1 Å². The lowest BCUT2D eigenvalue weighted by Gasteiger charge is -2.26. The summed E-state index contributed by atoms with van der Waals surface area (Å²) in [7, 11) is -2.08. The maximum absolute atomic E-state index is 12.8. The second-order valence-corrected chi connectivity index (χ2v) is 8.27. The van der Waals surface area contributed by atoms with Gasteiger partial charge in [-0.15, -0.1) is 0 Å². The molecule has 2 N–H and O–H groups in total. The lowest BCUT2D eigenvalue weighted by molar-refractivity contribution is -0.115. The van der Waals surface area contributed by atoms with Gasteiger partial charge in [0.25, 0.3) is 0 Å². The van der Waals surface area contributed by atoms with Crippen LogP contribution in [0, 0.1) is 0 Å². The third-order valence-electron chi connectivity index (χ3n) is 4.73. The third-order valence-corrected chi connectivity index (χ3v) is 6.22. The summed E-state index contributed by atoms with van der Waals surface area (Å²) in [6, 6.07) is 11.7. The number of hydrogen-bond acceptors (Lipinski definition) is 4. The summed E-state index contributed by atoms with van der Waals surface area (Å²) in [5, 5.41) is 2.71. The van der Waals surface area contributed by atoms with Crippen molar-refractivity contribution in [2.75, 3.05) is 12.4 Å². The summed E-state index contributed by atoms with van der Waals surface area (Å²) in [5.41, 5.74) is 2.69. The van der Waals surface area contributed by atoms with Crippen LogP contribution in [0.15, 0.2) is 47.4 Å². The molecule has 0 aliphatic heterocycles. The van der Waals surface area contributed by atoms with Gasteiger partial charge in [0.2, 0.25) is 15.9 Å². The first-order valence-corrected chi connectivity index (χ1v) is 10.5. The van der Waals surface area contributed by atoms with Crippen LogP contribution >= 0.6 is 0 Å². The molecule has 1 amide bonds.